The van der Waals surface area contributed by atoms with E-state index in [2.05, 4.69) is 15.3 Å². The van der Waals surface area contributed by atoms with Crippen molar-refractivity contribution in [1.82, 2.24) is 9.97 Å². The Hall–Kier alpha value is -2.18. The highest BCUT2D eigenvalue weighted by atomic mass is 35.5. The van der Waals surface area contributed by atoms with Gasteiger partial charge >= 0.3 is 0 Å². The van der Waals surface area contributed by atoms with Crippen LogP contribution in [0.1, 0.15) is 22.3 Å². The van der Waals surface area contributed by atoms with Crippen LogP contribution in [0.3, 0.4) is 0 Å². The van der Waals surface area contributed by atoms with E-state index in [1.54, 1.807) is 6.20 Å². The van der Waals surface area contributed by atoms with Crippen LogP contribution in [0.2, 0.25) is 5.02 Å². The zero-order chi connectivity index (χ0) is 16.2. The number of amides is 1. The van der Waals surface area contributed by atoms with Crippen molar-refractivity contribution < 1.29 is 14.3 Å². The standard InChI is InChI=1S/C16H16ClN3O3/c1-10-3-2-5-18-14(10)20-15(21)11-7-13(17)16(19-8-11)23-12-4-6-22-9-12/h2-3,5,7-8,12H,4,6,9H2,1H3,(H,18,20,21). The lowest BCUT2D eigenvalue weighted by Gasteiger charge is -2.12. The molecular formula is C16H16ClN3O3. The van der Waals surface area contributed by atoms with Gasteiger partial charge in [-0.25, -0.2) is 9.97 Å². The highest BCUT2D eigenvalue weighted by molar-refractivity contribution is 6.32. The Morgan fingerprint density at radius 2 is 2.35 bits per heavy atom. The highest BCUT2D eigenvalue weighted by Gasteiger charge is 2.20. The molecule has 0 bridgehead atoms. The molecule has 1 unspecified atom stereocenters. The number of ether oxygens (including phenoxy) is 2. The van der Waals surface area contributed by atoms with Crippen molar-refractivity contribution in [1.29, 1.82) is 0 Å². The summed E-state index contributed by atoms with van der Waals surface area (Å²) >= 11 is 6.16. The van der Waals surface area contributed by atoms with E-state index in [0.717, 1.165) is 12.0 Å². The summed E-state index contributed by atoms with van der Waals surface area (Å²) in [5.41, 5.74) is 1.22. The van der Waals surface area contributed by atoms with E-state index in [-0.39, 0.29) is 12.0 Å². The molecule has 2 aromatic heterocycles. The lowest BCUT2D eigenvalue weighted by Crippen LogP contribution is -2.18. The third-order valence-electron chi connectivity index (χ3n) is 3.48. The summed E-state index contributed by atoms with van der Waals surface area (Å²) in [5, 5.41) is 3.03. The molecule has 1 N–H and O–H groups in total. The Labute approximate surface area is 138 Å². The van der Waals surface area contributed by atoms with Crippen LogP contribution in [0.5, 0.6) is 5.88 Å². The Bertz CT molecular complexity index is 717. The van der Waals surface area contributed by atoms with E-state index in [1.807, 2.05) is 19.1 Å². The summed E-state index contributed by atoms with van der Waals surface area (Å²) in [6.45, 7) is 3.07. The molecule has 7 heteroatoms. The van der Waals surface area contributed by atoms with Gasteiger partial charge in [-0.3, -0.25) is 4.79 Å². The van der Waals surface area contributed by atoms with Gasteiger partial charge in [0.25, 0.3) is 5.91 Å². The minimum atomic E-state index is -0.322. The number of carbonyl (C=O) groups is 1. The Balaban J connectivity index is 1.71. The minimum Gasteiger partial charge on any atom is -0.471 e. The van der Waals surface area contributed by atoms with Gasteiger partial charge in [0.2, 0.25) is 5.88 Å². The summed E-state index contributed by atoms with van der Waals surface area (Å²) < 4.78 is 10.9. The summed E-state index contributed by atoms with van der Waals surface area (Å²) in [6, 6.07) is 5.21. The fourth-order valence-corrected chi connectivity index (χ4v) is 2.41. The molecule has 0 radical (unpaired) electrons. The smallest absolute Gasteiger partial charge is 0.258 e. The number of aromatic nitrogens is 2. The zero-order valence-electron chi connectivity index (χ0n) is 12.6. The molecule has 3 heterocycles. The number of nitrogens with one attached hydrogen (secondary N) is 1. The van der Waals surface area contributed by atoms with E-state index in [0.29, 0.717) is 35.5 Å². The normalized spacial score (nSPS) is 17.0. The maximum Gasteiger partial charge on any atom is 0.258 e. The number of aryl methyl sites for hydroxylation is 1. The fraction of sp³-hybridized carbons (Fsp3) is 0.312. The highest BCUT2D eigenvalue weighted by Crippen LogP contribution is 2.25. The number of anilines is 1. The van der Waals surface area contributed by atoms with Crippen LogP contribution in [-0.2, 0) is 4.74 Å². The molecular weight excluding hydrogens is 318 g/mol. The van der Waals surface area contributed by atoms with Crippen molar-refractivity contribution in [2.45, 2.75) is 19.4 Å². The molecule has 1 saturated heterocycles. The first kappa shape index (κ1) is 15.7. The van der Waals surface area contributed by atoms with Crippen LogP contribution >= 0.6 is 11.6 Å². The first-order chi connectivity index (χ1) is 11.1. The van der Waals surface area contributed by atoms with E-state index >= 15 is 0 Å². The first-order valence-electron chi connectivity index (χ1n) is 7.26. The topological polar surface area (TPSA) is 73.3 Å². The predicted molar refractivity (Wildman–Crippen MR) is 86.0 cm³/mol. The molecule has 1 aliphatic heterocycles. The molecule has 2 aromatic rings. The number of hydrogen-bond acceptors (Lipinski definition) is 5. The van der Waals surface area contributed by atoms with Gasteiger partial charge in [0.1, 0.15) is 16.9 Å². The molecule has 0 aliphatic carbocycles. The number of nitrogens with zero attached hydrogens (tertiary/aromatic N) is 2. The molecule has 0 spiro atoms. The number of rotatable bonds is 4. The van der Waals surface area contributed by atoms with E-state index in [4.69, 9.17) is 21.1 Å². The average molecular weight is 334 g/mol. The average Bonchev–Trinajstić information content (AvgIpc) is 3.04. The van der Waals surface area contributed by atoms with E-state index in [1.165, 1.54) is 12.3 Å². The predicted octanol–water partition coefficient (Wildman–Crippen LogP) is 2.86. The number of halogens is 1. The summed E-state index contributed by atoms with van der Waals surface area (Å²) in [5.74, 6) is 0.502. The molecule has 0 saturated carbocycles. The van der Waals surface area contributed by atoms with Crippen LogP contribution in [0.25, 0.3) is 0 Å². The maximum atomic E-state index is 12.3. The van der Waals surface area contributed by atoms with Gasteiger partial charge in [-0.15, -0.1) is 0 Å². The summed E-state index contributed by atoms with van der Waals surface area (Å²) in [6.07, 6.45) is 3.81. The lowest BCUT2D eigenvalue weighted by molar-refractivity contribution is 0.102. The Kier molecular flexibility index (Phi) is 4.73. The van der Waals surface area contributed by atoms with E-state index in [9.17, 15) is 4.79 Å². The quantitative estimate of drug-likeness (QED) is 0.931. The Morgan fingerprint density at radius 3 is 3.04 bits per heavy atom. The molecule has 1 fully saturated rings. The maximum absolute atomic E-state index is 12.3. The third-order valence-corrected chi connectivity index (χ3v) is 3.75. The molecule has 6 nitrogen and oxygen atoms in total. The minimum absolute atomic E-state index is 0.0455. The second-order valence-corrected chi connectivity index (χ2v) is 5.64. The van der Waals surface area contributed by atoms with Crippen LogP contribution in [0.15, 0.2) is 30.6 Å². The van der Waals surface area contributed by atoms with Crippen LogP contribution in [-0.4, -0.2) is 35.2 Å². The van der Waals surface area contributed by atoms with Gasteiger partial charge in [0.05, 0.1) is 18.8 Å². The van der Waals surface area contributed by atoms with Gasteiger partial charge in [0, 0.05) is 18.8 Å². The van der Waals surface area contributed by atoms with Crippen LogP contribution in [0.4, 0.5) is 5.82 Å². The van der Waals surface area contributed by atoms with E-state index < -0.39 is 0 Å². The zero-order valence-corrected chi connectivity index (χ0v) is 13.3. The van der Waals surface area contributed by atoms with Crippen LogP contribution < -0.4 is 10.1 Å². The van der Waals surface area contributed by atoms with Crippen molar-refractivity contribution >= 4 is 23.3 Å². The summed E-state index contributed by atoms with van der Waals surface area (Å²) in [4.78, 5) is 20.5. The van der Waals surface area contributed by atoms with Gasteiger partial charge in [0.15, 0.2) is 0 Å². The van der Waals surface area contributed by atoms with Crippen molar-refractivity contribution in [3.63, 3.8) is 0 Å². The monoisotopic (exact) mass is 333 g/mol. The van der Waals surface area contributed by atoms with Crippen molar-refractivity contribution in [3.05, 3.63) is 46.7 Å². The Morgan fingerprint density at radius 1 is 1.48 bits per heavy atom. The molecule has 120 valence electrons. The second-order valence-electron chi connectivity index (χ2n) is 5.24. The molecule has 1 aliphatic rings. The van der Waals surface area contributed by atoms with Gasteiger partial charge < -0.3 is 14.8 Å². The lowest BCUT2D eigenvalue weighted by atomic mass is 10.2. The molecule has 3 rings (SSSR count). The van der Waals surface area contributed by atoms with Gasteiger partial charge in [-0.2, -0.15) is 0 Å². The number of hydrogen-bond donors (Lipinski definition) is 1. The molecule has 0 aromatic carbocycles. The van der Waals surface area contributed by atoms with Crippen LogP contribution in [0, 0.1) is 6.92 Å². The van der Waals surface area contributed by atoms with Crippen molar-refractivity contribution in [3.8, 4) is 5.88 Å². The van der Waals surface area contributed by atoms with Crippen molar-refractivity contribution in [2.75, 3.05) is 18.5 Å². The molecule has 23 heavy (non-hydrogen) atoms. The first-order valence-corrected chi connectivity index (χ1v) is 7.64. The summed E-state index contributed by atoms with van der Waals surface area (Å²) in [7, 11) is 0. The fourth-order valence-electron chi connectivity index (χ4n) is 2.20. The molecule has 1 atom stereocenters. The van der Waals surface area contributed by atoms with Gasteiger partial charge in [-0.05, 0) is 24.6 Å². The largest absolute Gasteiger partial charge is 0.471 e. The third kappa shape index (κ3) is 3.78. The molecule has 1 amide bonds. The van der Waals surface area contributed by atoms with Crippen molar-refractivity contribution in [2.24, 2.45) is 0 Å². The number of pyridine rings is 2. The van der Waals surface area contributed by atoms with Gasteiger partial charge in [-0.1, -0.05) is 17.7 Å². The second kappa shape index (κ2) is 6.93. The number of carbonyl (C=O) groups excluding carboxylic acids is 1. The SMILES string of the molecule is Cc1cccnc1NC(=O)c1cnc(OC2CCOC2)c(Cl)c1.